The second kappa shape index (κ2) is 7.86. The lowest BCUT2D eigenvalue weighted by molar-refractivity contribution is -0.184. The Morgan fingerprint density at radius 1 is 1.23 bits per heavy atom. The minimum atomic E-state index is -1.32. The van der Waals surface area contributed by atoms with E-state index in [1.54, 1.807) is 27.7 Å². The molecule has 0 bridgehead atoms. The van der Waals surface area contributed by atoms with E-state index in [0.29, 0.717) is 0 Å². The van der Waals surface area contributed by atoms with Crippen LogP contribution in [0.4, 0.5) is 0 Å². The molecule has 1 fully saturated rings. The van der Waals surface area contributed by atoms with E-state index in [1.165, 1.54) is 0 Å². The van der Waals surface area contributed by atoms with Crippen molar-refractivity contribution < 1.29 is 29.0 Å². The van der Waals surface area contributed by atoms with Crippen LogP contribution in [0.25, 0.3) is 0 Å². The molecule has 1 amide bonds. The lowest BCUT2D eigenvalue weighted by atomic mass is 9.87. The van der Waals surface area contributed by atoms with Gasteiger partial charge in [-0.15, -0.1) is 0 Å². The predicted octanol–water partition coefficient (Wildman–Crippen LogP) is 1.28. The number of amides is 1. The van der Waals surface area contributed by atoms with Crippen LogP contribution in [-0.4, -0.2) is 52.1 Å². The summed E-state index contributed by atoms with van der Waals surface area (Å²) in [7, 11) is 0. The van der Waals surface area contributed by atoms with Gasteiger partial charge in [-0.3, -0.25) is 14.4 Å². The normalized spacial score (nSPS) is 21.0. The molecule has 0 spiro atoms. The van der Waals surface area contributed by atoms with E-state index in [4.69, 9.17) is 9.47 Å². The van der Waals surface area contributed by atoms with Crippen LogP contribution in [0.1, 0.15) is 33.3 Å². The molecule has 1 N–H and O–H groups in total. The first-order valence-corrected chi connectivity index (χ1v) is 8.51. The second-order valence-corrected chi connectivity index (χ2v) is 7.37. The van der Waals surface area contributed by atoms with E-state index in [2.05, 4.69) is 0 Å². The molecule has 7 nitrogen and oxygen atoms in total. The molecule has 2 rings (SSSR count). The Morgan fingerprint density at radius 2 is 1.85 bits per heavy atom. The quantitative estimate of drug-likeness (QED) is 0.604. The van der Waals surface area contributed by atoms with Crippen molar-refractivity contribution in [3.8, 4) is 0 Å². The molecule has 7 heteroatoms. The number of β-lactam (4-membered cyclic amide) rings is 1. The zero-order chi connectivity index (χ0) is 19.5. The third-order valence-corrected chi connectivity index (χ3v) is 4.05. The Bertz CT molecular complexity index is 666. The molecule has 1 heterocycles. The number of benzene rings is 1. The molecule has 3 atom stereocenters. The van der Waals surface area contributed by atoms with Gasteiger partial charge in [0.15, 0.2) is 6.10 Å². The van der Waals surface area contributed by atoms with Gasteiger partial charge in [0.05, 0.1) is 12.0 Å². The maximum Gasteiger partial charge on any atom is 0.326 e. The monoisotopic (exact) mass is 363 g/mol. The lowest BCUT2D eigenvalue weighted by Gasteiger charge is -2.46. The van der Waals surface area contributed by atoms with Gasteiger partial charge in [-0.25, -0.2) is 0 Å². The average molecular weight is 363 g/mol. The molecule has 1 aromatic carbocycles. The molecule has 26 heavy (non-hydrogen) atoms. The maximum atomic E-state index is 12.3. The third-order valence-electron chi connectivity index (χ3n) is 4.05. The summed E-state index contributed by atoms with van der Waals surface area (Å²) < 4.78 is 10.5. The van der Waals surface area contributed by atoms with Crippen molar-refractivity contribution >= 4 is 17.8 Å². The number of ether oxygens (including phenoxy) is 2. The summed E-state index contributed by atoms with van der Waals surface area (Å²) in [4.78, 5) is 37.3. The fourth-order valence-corrected chi connectivity index (χ4v) is 2.79. The molecule has 0 radical (unpaired) electrons. The van der Waals surface area contributed by atoms with Gasteiger partial charge in [0.25, 0.3) is 5.91 Å². The van der Waals surface area contributed by atoms with E-state index in [1.807, 2.05) is 30.3 Å². The highest BCUT2D eigenvalue weighted by molar-refractivity contribution is 5.93. The van der Waals surface area contributed by atoms with Crippen LogP contribution in [0, 0.1) is 5.92 Å². The van der Waals surface area contributed by atoms with Gasteiger partial charge in [0, 0.05) is 0 Å². The molecule has 1 aliphatic heterocycles. The Labute approximate surface area is 152 Å². The maximum absolute atomic E-state index is 12.3. The van der Waals surface area contributed by atoms with Crippen LogP contribution < -0.4 is 0 Å². The summed E-state index contributed by atoms with van der Waals surface area (Å²) in [6.45, 7) is 6.52. The number of aliphatic hydroxyl groups is 1. The number of aliphatic hydroxyl groups excluding tert-OH is 1. The van der Waals surface area contributed by atoms with Gasteiger partial charge in [-0.1, -0.05) is 30.3 Å². The predicted molar refractivity (Wildman–Crippen MR) is 92.8 cm³/mol. The van der Waals surface area contributed by atoms with Crippen molar-refractivity contribution in [1.82, 2.24) is 4.90 Å². The molecular formula is C19H25NO6. The molecule has 1 unspecified atom stereocenters. The summed E-state index contributed by atoms with van der Waals surface area (Å²) in [5.41, 5.74) is 0.156. The number of rotatable bonds is 6. The lowest BCUT2D eigenvalue weighted by Crippen LogP contribution is -2.69. The number of likely N-dealkylation sites (tertiary alicyclic amines) is 1. The molecule has 1 aliphatic rings. The molecule has 0 aliphatic carbocycles. The third kappa shape index (κ3) is 4.82. The summed E-state index contributed by atoms with van der Waals surface area (Å²) in [6.07, 6.45) is -1.32. The largest absolute Gasteiger partial charge is 0.461 e. The van der Waals surface area contributed by atoms with Crippen LogP contribution in [-0.2, 0) is 30.5 Å². The van der Waals surface area contributed by atoms with Crippen LogP contribution in [0.15, 0.2) is 30.3 Å². The first kappa shape index (κ1) is 19.9. The Balaban J connectivity index is 1.94. The zero-order valence-corrected chi connectivity index (χ0v) is 15.5. The first-order chi connectivity index (χ1) is 12.1. The second-order valence-electron chi connectivity index (χ2n) is 7.37. The smallest absolute Gasteiger partial charge is 0.326 e. The average Bonchev–Trinajstić information content (AvgIpc) is 2.57. The van der Waals surface area contributed by atoms with E-state index in [0.717, 1.165) is 10.5 Å². The van der Waals surface area contributed by atoms with Crippen LogP contribution >= 0.6 is 0 Å². The topological polar surface area (TPSA) is 93.1 Å². The highest BCUT2D eigenvalue weighted by Gasteiger charge is 2.52. The molecule has 1 aromatic rings. The summed E-state index contributed by atoms with van der Waals surface area (Å²) >= 11 is 0. The highest BCUT2D eigenvalue weighted by atomic mass is 16.6. The van der Waals surface area contributed by atoms with Crippen molar-refractivity contribution in [2.75, 3.05) is 6.54 Å². The molecule has 0 aromatic heterocycles. The van der Waals surface area contributed by atoms with E-state index >= 15 is 0 Å². The Kier molecular flexibility index (Phi) is 6.02. The SMILES string of the molecule is C[C@@H](C(=O)OCc1ccccc1)[C@@H]1C(O)C(=O)N1CC(=O)OC(C)(C)C. The molecule has 0 saturated carbocycles. The van der Waals surface area contributed by atoms with E-state index < -0.39 is 41.5 Å². The van der Waals surface area contributed by atoms with E-state index in [9.17, 15) is 19.5 Å². The zero-order valence-electron chi connectivity index (χ0n) is 15.5. The summed E-state index contributed by atoms with van der Waals surface area (Å²) in [6, 6.07) is 8.38. The van der Waals surface area contributed by atoms with Gasteiger partial charge >= 0.3 is 11.9 Å². The minimum absolute atomic E-state index is 0.104. The standard InChI is InChI=1S/C19H25NO6/c1-12(18(24)25-11-13-8-6-5-7-9-13)15-16(22)17(23)20(15)10-14(21)26-19(2,3)4/h5-9,12,15-16,22H,10-11H2,1-4H3/t12-,15-,16?/m1/s1. The highest BCUT2D eigenvalue weighted by Crippen LogP contribution is 2.28. The van der Waals surface area contributed by atoms with Crippen molar-refractivity contribution in [1.29, 1.82) is 0 Å². The van der Waals surface area contributed by atoms with Crippen molar-refractivity contribution in [3.63, 3.8) is 0 Å². The number of hydrogen-bond donors (Lipinski definition) is 1. The number of esters is 2. The van der Waals surface area contributed by atoms with Gasteiger partial charge in [-0.05, 0) is 33.3 Å². The fraction of sp³-hybridized carbons (Fsp3) is 0.526. The Hall–Kier alpha value is -2.41. The summed E-state index contributed by atoms with van der Waals surface area (Å²) in [5, 5.41) is 9.95. The van der Waals surface area contributed by atoms with E-state index in [-0.39, 0.29) is 13.2 Å². The molecule has 1 saturated heterocycles. The number of carbonyl (C=O) groups excluding carboxylic acids is 3. The number of carbonyl (C=O) groups is 3. The van der Waals surface area contributed by atoms with Crippen LogP contribution in [0.3, 0.4) is 0 Å². The van der Waals surface area contributed by atoms with Gasteiger partial charge in [0.2, 0.25) is 0 Å². The number of nitrogens with zero attached hydrogens (tertiary/aromatic N) is 1. The van der Waals surface area contributed by atoms with Gasteiger partial charge in [-0.2, -0.15) is 0 Å². The Morgan fingerprint density at radius 3 is 2.42 bits per heavy atom. The van der Waals surface area contributed by atoms with Gasteiger partial charge in [0.1, 0.15) is 18.8 Å². The van der Waals surface area contributed by atoms with Crippen LogP contribution in [0.5, 0.6) is 0 Å². The molecular weight excluding hydrogens is 338 g/mol. The van der Waals surface area contributed by atoms with Crippen LogP contribution in [0.2, 0.25) is 0 Å². The van der Waals surface area contributed by atoms with Gasteiger partial charge < -0.3 is 19.5 Å². The minimum Gasteiger partial charge on any atom is -0.461 e. The van der Waals surface area contributed by atoms with Crippen molar-refractivity contribution in [2.24, 2.45) is 5.92 Å². The fourth-order valence-electron chi connectivity index (χ4n) is 2.79. The summed E-state index contributed by atoms with van der Waals surface area (Å²) in [5.74, 6) is -2.50. The van der Waals surface area contributed by atoms with Crippen molar-refractivity contribution in [3.05, 3.63) is 35.9 Å². The number of hydrogen-bond acceptors (Lipinski definition) is 6. The van der Waals surface area contributed by atoms with Crippen molar-refractivity contribution in [2.45, 2.75) is 52.0 Å². The first-order valence-electron chi connectivity index (χ1n) is 8.51. The molecule has 142 valence electrons.